The van der Waals surface area contributed by atoms with Crippen molar-refractivity contribution in [2.45, 2.75) is 52.4 Å². The molecule has 0 amide bonds. The van der Waals surface area contributed by atoms with Gasteiger partial charge in [0.15, 0.2) is 5.41 Å². The molecule has 1 unspecified atom stereocenters. The molecule has 122 valence electrons. The lowest BCUT2D eigenvalue weighted by Gasteiger charge is -2.32. The Labute approximate surface area is 127 Å². The number of carbonyl (C=O) groups is 2. The Bertz CT molecular complexity index is 347. The Morgan fingerprint density at radius 3 is 2.33 bits per heavy atom. The number of ether oxygens (including phenoxy) is 2. The minimum Gasteiger partial charge on any atom is -0.480 e. The van der Waals surface area contributed by atoms with E-state index in [9.17, 15) is 14.7 Å². The fourth-order valence-corrected chi connectivity index (χ4v) is 3.10. The average molecular weight is 300 g/mol. The molecule has 0 bridgehead atoms. The van der Waals surface area contributed by atoms with E-state index in [1.54, 1.807) is 0 Å². The first kappa shape index (κ1) is 18.0. The Morgan fingerprint density at radius 2 is 1.86 bits per heavy atom. The lowest BCUT2D eigenvalue weighted by atomic mass is 9.72. The van der Waals surface area contributed by atoms with Crippen LogP contribution in [0.5, 0.6) is 0 Å². The Balaban J connectivity index is 2.71. The molecule has 1 N–H and O–H groups in total. The van der Waals surface area contributed by atoms with Crippen LogP contribution in [0.15, 0.2) is 0 Å². The molecule has 0 aromatic rings. The van der Waals surface area contributed by atoms with Gasteiger partial charge in [0.1, 0.15) is 0 Å². The standard InChI is InChI=1S/C16H28O5/c1-12(2)8-10-21-11-9-16(14(17)18,15(19)20-3)13-6-4-5-7-13/h12-13H,4-11H2,1-3H3,(H,17,18). The molecule has 0 spiro atoms. The molecule has 1 saturated carbocycles. The molecule has 5 heteroatoms. The number of esters is 1. The highest BCUT2D eigenvalue weighted by atomic mass is 16.5. The smallest absolute Gasteiger partial charge is 0.323 e. The predicted octanol–water partition coefficient (Wildman–Crippen LogP) is 2.87. The summed E-state index contributed by atoms with van der Waals surface area (Å²) >= 11 is 0. The molecule has 0 aliphatic heterocycles. The Hall–Kier alpha value is -1.10. The van der Waals surface area contributed by atoms with Crippen molar-refractivity contribution in [2.24, 2.45) is 17.3 Å². The third kappa shape index (κ3) is 4.43. The van der Waals surface area contributed by atoms with Gasteiger partial charge in [-0.05, 0) is 37.5 Å². The van der Waals surface area contributed by atoms with Crippen molar-refractivity contribution >= 4 is 11.9 Å². The van der Waals surface area contributed by atoms with E-state index in [1.807, 2.05) is 0 Å². The number of rotatable bonds is 9. The molecule has 21 heavy (non-hydrogen) atoms. The molecule has 0 aromatic carbocycles. The number of methoxy groups -OCH3 is 1. The molecule has 1 aliphatic carbocycles. The third-order valence-electron chi connectivity index (χ3n) is 4.46. The van der Waals surface area contributed by atoms with Gasteiger partial charge in [-0.1, -0.05) is 26.7 Å². The van der Waals surface area contributed by atoms with Gasteiger partial charge < -0.3 is 14.6 Å². The van der Waals surface area contributed by atoms with E-state index < -0.39 is 17.4 Å². The number of carboxylic acid groups (broad SMARTS) is 1. The van der Waals surface area contributed by atoms with Crippen LogP contribution < -0.4 is 0 Å². The predicted molar refractivity (Wildman–Crippen MR) is 78.9 cm³/mol. The van der Waals surface area contributed by atoms with Crippen LogP contribution >= 0.6 is 0 Å². The molecule has 0 saturated heterocycles. The highest BCUT2D eigenvalue weighted by Crippen LogP contribution is 2.43. The molecule has 1 rings (SSSR count). The maximum absolute atomic E-state index is 12.2. The summed E-state index contributed by atoms with van der Waals surface area (Å²) in [7, 11) is 1.26. The fourth-order valence-electron chi connectivity index (χ4n) is 3.10. The normalized spacial score (nSPS) is 18.7. The molecule has 1 fully saturated rings. The first-order valence-electron chi connectivity index (χ1n) is 7.84. The Morgan fingerprint density at radius 1 is 1.24 bits per heavy atom. The zero-order valence-electron chi connectivity index (χ0n) is 13.4. The summed E-state index contributed by atoms with van der Waals surface area (Å²) in [4.78, 5) is 24.0. The number of carboxylic acids is 1. The second-order valence-corrected chi connectivity index (χ2v) is 6.29. The average Bonchev–Trinajstić information content (AvgIpc) is 2.95. The molecule has 0 heterocycles. The zero-order valence-corrected chi connectivity index (χ0v) is 13.4. The van der Waals surface area contributed by atoms with Crippen molar-refractivity contribution in [3.05, 3.63) is 0 Å². The number of hydrogen-bond acceptors (Lipinski definition) is 4. The van der Waals surface area contributed by atoms with E-state index in [4.69, 9.17) is 9.47 Å². The quantitative estimate of drug-likeness (QED) is 0.403. The minimum atomic E-state index is -1.44. The molecule has 1 atom stereocenters. The SMILES string of the molecule is COC(=O)C(CCOCCC(C)C)(C(=O)O)C1CCCC1. The van der Waals surface area contributed by atoms with Crippen LogP contribution in [0.3, 0.4) is 0 Å². The van der Waals surface area contributed by atoms with Crippen LogP contribution in [0.1, 0.15) is 52.4 Å². The van der Waals surface area contributed by atoms with E-state index in [1.165, 1.54) is 7.11 Å². The first-order valence-corrected chi connectivity index (χ1v) is 7.84. The molecule has 0 radical (unpaired) electrons. The van der Waals surface area contributed by atoms with Gasteiger partial charge in [-0.2, -0.15) is 0 Å². The molecule has 5 nitrogen and oxygen atoms in total. The van der Waals surface area contributed by atoms with E-state index >= 15 is 0 Å². The number of hydrogen-bond donors (Lipinski definition) is 1. The lowest BCUT2D eigenvalue weighted by molar-refractivity contribution is -0.173. The van der Waals surface area contributed by atoms with Crippen molar-refractivity contribution in [1.82, 2.24) is 0 Å². The summed E-state index contributed by atoms with van der Waals surface area (Å²) in [6, 6.07) is 0. The summed E-state index contributed by atoms with van der Waals surface area (Å²) in [5.74, 6) is -1.30. The van der Waals surface area contributed by atoms with E-state index in [2.05, 4.69) is 13.8 Å². The maximum atomic E-state index is 12.2. The minimum absolute atomic E-state index is 0.142. The van der Waals surface area contributed by atoms with Gasteiger partial charge in [0.05, 0.1) is 7.11 Å². The van der Waals surface area contributed by atoms with Crippen LogP contribution in [0, 0.1) is 17.3 Å². The van der Waals surface area contributed by atoms with Gasteiger partial charge in [0.2, 0.25) is 0 Å². The Kier molecular flexibility index (Phi) is 7.15. The summed E-state index contributed by atoms with van der Waals surface area (Å²) in [5, 5.41) is 9.67. The molecule has 1 aliphatic rings. The molecular weight excluding hydrogens is 272 g/mol. The topological polar surface area (TPSA) is 72.8 Å². The summed E-state index contributed by atoms with van der Waals surface area (Å²) < 4.78 is 10.3. The van der Waals surface area contributed by atoms with Crippen molar-refractivity contribution < 1.29 is 24.2 Å². The number of aliphatic carboxylic acids is 1. The van der Waals surface area contributed by atoms with Crippen LogP contribution in [0.2, 0.25) is 0 Å². The second kappa shape index (κ2) is 8.37. The van der Waals surface area contributed by atoms with Gasteiger partial charge >= 0.3 is 11.9 Å². The van der Waals surface area contributed by atoms with Crippen LogP contribution in [-0.2, 0) is 19.1 Å². The van der Waals surface area contributed by atoms with Gasteiger partial charge in [-0.15, -0.1) is 0 Å². The summed E-state index contributed by atoms with van der Waals surface area (Å²) in [6.45, 7) is 5.10. The van der Waals surface area contributed by atoms with E-state index in [0.29, 0.717) is 12.5 Å². The van der Waals surface area contributed by atoms with Crippen molar-refractivity contribution in [1.29, 1.82) is 0 Å². The lowest BCUT2D eigenvalue weighted by Crippen LogP contribution is -2.46. The van der Waals surface area contributed by atoms with Gasteiger partial charge in [0.25, 0.3) is 0 Å². The van der Waals surface area contributed by atoms with Crippen molar-refractivity contribution in [3.8, 4) is 0 Å². The fraction of sp³-hybridized carbons (Fsp3) is 0.875. The van der Waals surface area contributed by atoms with Crippen molar-refractivity contribution in [2.75, 3.05) is 20.3 Å². The van der Waals surface area contributed by atoms with E-state index in [-0.39, 0.29) is 18.9 Å². The van der Waals surface area contributed by atoms with Crippen LogP contribution in [0.4, 0.5) is 0 Å². The van der Waals surface area contributed by atoms with Crippen LogP contribution in [0.25, 0.3) is 0 Å². The van der Waals surface area contributed by atoms with Crippen LogP contribution in [-0.4, -0.2) is 37.4 Å². The highest BCUT2D eigenvalue weighted by Gasteiger charge is 2.53. The monoisotopic (exact) mass is 300 g/mol. The van der Waals surface area contributed by atoms with Gasteiger partial charge in [-0.3, -0.25) is 9.59 Å². The van der Waals surface area contributed by atoms with Crippen molar-refractivity contribution in [3.63, 3.8) is 0 Å². The summed E-state index contributed by atoms with van der Waals surface area (Å²) in [6.07, 6.45) is 4.62. The van der Waals surface area contributed by atoms with Gasteiger partial charge in [-0.25, -0.2) is 0 Å². The highest BCUT2D eigenvalue weighted by molar-refractivity contribution is 5.99. The number of carbonyl (C=O) groups excluding carboxylic acids is 1. The summed E-state index contributed by atoms with van der Waals surface area (Å²) in [5.41, 5.74) is -1.44. The van der Waals surface area contributed by atoms with Gasteiger partial charge in [0, 0.05) is 13.2 Å². The largest absolute Gasteiger partial charge is 0.480 e. The zero-order chi connectivity index (χ0) is 15.9. The molecule has 0 aromatic heterocycles. The molecular formula is C16H28O5. The maximum Gasteiger partial charge on any atom is 0.323 e. The third-order valence-corrected chi connectivity index (χ3v) is 4.46. The first-order chi connectivity index (χ1) is 9.95. The van der Waals surface area contributed by atoms with E-state index in [0.717, 1.165) is 32.1 Å². The second-order valence-electron chi connectivity index (χ2n) is 6.29.